The van der Waals surface area contributed by atoms with Crippen LogP contribution in [0.25, 0.3) is 0 Å². The predicted octanol–water partition coefficient (Wildman–Crippen LogP) is 5.10. The van der Waals surface area contributed by atoms with Gasteiger partial charge in [0.05, 0.1) is 13.2 Å². The van der Waals surface area contributed by atoms with Gasteiger partial charge in [-0.2, -0.15) is 0 Å². The summed E-state index contributed by atoms with van der Waals surface area (Å²) in [6.07, 6.45) is 1.05. The first-order valence-corrected chi connectivity index (χ1v) is 10.0. The Hall–Kier alpha value is -1.75. The molecular weight excluding hydrogens is 366 g/mol. The molecule has 0 bridgehead atoms. The first-order valence-electron chi connectivity index (χ1n) is 9.66. The number of halogens is 1. The Labute approximate surface area is 168 Å². The highest BCUT2D eigenvalue weighted by Crippen LogP contribution is 2.29. The van der Waals surface area contributed by atoms with Crippen molar-refractivity contribution in [1.29, 1.82) is 0 Å². The quantitative estimate of drug-likeness (QED) is 0.515. The molecule has 0 aliphatic rings. The number of hydrogen-bond acceptors (Lipinski definition) is 4. The maximum Gasteiger partial charge on any atom is 0.410 e. The van der Waals surface area contributed by atoms with Crippen LogP contribution in [0.4, 0.5) is 4.79 Å². The molecule has 0 aliphatic heterocycles. The van der Waals surface area contributed by atoms with Crippen molar-refractivity contribution in [3.05, 3.63) is 34.9 Å². The third kappa shape index (κ3) is 6.42. The lowest BCUT2D eigenvalue weighted by Gasteiger charge is -2.41. The molecule has 0 saturated heterocycles. The smallest absolute Gasteiger partial charge is 0.410 e. The predicted molar refractivity (Wildman–Crippen MR) is 108 cm³/mol. The minimum Gasteiger partial charge on any atom is -0.464 e. The molecule has 0 N–H and O–H groups in total. The number of ether oxygens (including phenoxy) is 2. The first-order chi connectivity index (χ1) is 12.8. The van der Waals surface area contributed by atoms with Gasteiger partial charge in [-0.05, 0) is 50.3 Å². The second-order valence-corrected chi connectivity index (χ2v) is 7.38. The lowest BCUT2D eigenvalue weighted by Crippen LogP contribution is -2.59. The number of rotatable bonds is 10. The Bertz CT molecular complexity index is 603. The fourth-order valence-electron chi connectivity index (χ4n) is 3.01. The number of benzene rings is 1. The number of amides is 1. The summed E-state index contributed by atoms with van der Waals surface area (Å²) in [5, 5.41) is 0.624. The first kappa shape index (κ1) is 23.3. The number of carbonyl (C=O) groups excluding carboxylic acids is 2. The van der Waals surface area contributed by atoms with E-state index in [4.69, 9.17) is 21.1 Å². The zero-order valence-electron chi connectivity index (χ0n) is 17.1. The molecule has 0 heterocycles. The van der Waals surface area contributed by atoms with E-state index in [2.05, 4.69) is 13.8 Å². The normalized spacial score (nSPS) is 13.1. The van der Waals surface area contributed by atoms with Crippen molar-refractivity contribution in [3.63, 3.8) is 0 Å². The van der Waals surface area contributed by atoms with Gasteiger partial charge in [-0.3, -0.25) is 4.90 Å². The van der Waals surface area contributed by atoms with Crippen LogP contribution in [0.5, 0.6) is 0 Å². The Kier molecular flexibility index (Phi) is 9.64. The van der Waals surface area contributed by atoms with E-state index >= 15 is 0 Å². The summed E-state index contributed by atoms with van der Waals surface area (Å²) in [5.41, 5.74) is -0.210. The standard InChI is InChI=1S/C21H32ClNO4/c1-6-21(19(24)26-7-2,15-17-9-11-18(22)12-10-17)23(14-13-16(4)5)20(25)27-8-3/h9-12,16H,6-8,13-15H2,1-5H3. The molecule has 0 fully saturated rings. The van der Waals surface area contributed by atoms with Crippen LogP contribution in [0.1, 0.15) is 53.0 Å². The van der Waals surface area contributed by atoms with Crippen LogP contribution in [-0.2, 0) is 20.7 Å². The molecular formula is C21H32ClNO4. The van der Waals surface area contributed by atoms with Crippen LogP contribution in [0.15, 0.2) is 24.3 Å². The second-order valence-electron chi connectivity index (χ2n) is 6.94. The fraction of sp³-hybridized carbons (Fsp3) is 0.619. The van der Waals surface area contributed by atoms with Crippen LogP contribution >= 0.6 is 11.6 Å². The second kappa shape index (κ2) is 11.2. The van der Waals surface area contributed by atoms with Gasteiger partial charge >= 0.3 is 12.1 Å². The molecule has 27 heavy (non-hydrogen) atoms. The summed E-state index contributed by atoms with van der Waals surface area (Å²) in [5.74, 6) is -0.0199. The van der Waals surface area contributed by atoms with Crippen molar-refractivity contribution in [1.82, 2.24) is 4.90 Å². The summed E-state index contributed by atoms with van der Waals surface area (Å²) in [7, 11) is 0. The molecule has 1 rings (SSSR count). The van der Waals surface area contributed by atoms with Gasteiger partial charge in [0, 0.05) is 18.0 Å². The molecule has 1 unspecified atom stereocenters. The molecule has 1 aromatic rings. The monoisotopic (exact) mass is 397 g/mol. The van der Waals surface area contributed by atoms with Crippen LogP contribution in [-0.4, -0.2) is 42.3 Å². The van der Waals surface area contributed by atoms with Gasteiger partial charge in [0.1, 0.15) is 5.54 Å². The average molecular weight is 398 g/mol. The number of nitrogens with zero attached hydrogens (tertiary/aromatic N) is 1. The molecule has 1 amide bonds. The van der Waals surface area contributed by atoms with Gasteiger partial charge in [-0.1, -0.05) is 44.5 Å². The summed E-state index contributed by atoms with van der Waals surface area (Å²) >= 11 is 5.99. The molecule has 0 saturated carbocycles. The summed E-state index contributed by atoms with van der Waals surface area (Å²) < 4.78 is 10.7. The molecule has 152 valence electrons. The highest BCUT2D eigenvalue weighted by atomic mass is 35.5. The van der Waals surface area contributed by atoms with Gasteiger partial charge in [-0.25, -0.2) is 9.59 Å². The highest BCUT2D eigenvalue weighted by molar-refractivity contribution is 6.30. The Morgan fingerprint density at radius 2 is 1.67 bits per heavy atom. The van der Waals surface area contributed by atoms with Crippen LogP contribution in [0, 0.1) is 5.92 Å². The van der Waals surface area contributed by atoms with Crippen molar-refractivity contribution in [2.24, 2.45) is 5.92 Å². The molecule has 1 aromatic carbocycles. The van der Waals surface area contributed by atoms with E-state index in [-0.39, 0.29) is 13.2 Å². The van der Waals surface area contributed by atoms with Crippen LogP contribution in [0.2, 0.25) is 5.02 Å². The fourth-order valence-corrected chi connectivity index (χ4v) is 3.14. The van der Waals surface area contributed by atoms with E-state index in [0.29, 0.717) is 30.3 Å². The average Bonchev–Trinajstić information content (AvgIpc) is 2.62. The van der Waals surface area contributed by atoms with Gasteiger partial charge in [-0.15, -0.1) is 0 Å². The highest BCUT2D eigenvalue weighted by Gasteiger charge is 2.47. The van der Waals surface area contributed by atoms with Gasteiger partial charge < -0.3 is 9.47 Å². The Morgan fingerprint density at radius 1 is 1.07 bits per heavy atom. The van der Waals surface area contributed by atoms with E-state index in [1.54, 1.807) is 30.9 Å². The third-order valence-corrected chi connectivity index (χ3v) is 4.84. The molecule has 5 nitrogen and oxygen atoms in total. The lowest BCUT2D eigenvalue weighted by atomic mass is 9.85. The molecule has 6 heteroatoms. The van der Waals surface area contributed by atoms with Crippen molar-refractivity contribution in [3.8, 4) is 0 Å². The van der Waals surface area contributed by atoms with Crippen LogP contribution < -0.4 is 0 Å². The van der Waals surface area contributed by atoms with Crippen LogP contribution in [0.3, 0.4) is 0 Å². The summed E-state index contributed by atoms with van der Waals surface area (Å²) in [4.78, 5) is 27.4. The van der Waals surface area contributed by atoms with E-state index in [9.17, 15) is 9.59 Å². The number of esters is 1. The van der Waals surface area contributed by atoms with Crippen molar-refractivity contribution in [2.45, 2.75) is 59.4 Å². The maximum absolute atomic E-state index is 13.1. The number of carbonyl (C=O) groups is 2. The van der Waals surface area contributed by atoms with E-state index in [1.807, 2.05) is 19.1 Å². The molecule has 0 spiro atoms. The minimum absolute atomic E-state index is 0.251. The topological polar surface area (TPSA) is 55.8 Å². The van der Waals surface area contributed by atoms with Crippen molar-refractivity contribution in [2.75, 3.05) is 19.8 Å². The molecule has 1 atom stereocenters. The van der Waals surface area contributed by atoms with Crippen molar-refractivity contribution >= 4 is 23.7 Å². The maximum atomic E-state index is 13.1. The van der Waals surface area contributed by atoms with E-state index in [1.165, 1.54) is 0 Å². The lowest BCUT2D eigenvalue weighted by molar-refractivity contribution is -0.157. The molecule has 0 radical (unpaired) electrons. The zero-order valence-corrected chi connectivity index (χ0v) is 17.8. The third-order valence-electron chi connectivity index (χ3n) is 4.59. The largest absolute Gasteiger partial charge is 0.464 e. The van der Waals surface area contributed by atoms with E-state index < -0.39 is 17.6 Å². The van der Waals surface area contributed by atoms with Gasteiger partial charge in [0.15, 0.2) is 0 Å². The zero-order chi connectivity index (χ0) is 20.4. The Morgan fingerprint density at radius 3 is 2.15 bits per heavy atom. The van der Waals surface area contributed by atoms with Gasteiger partial charge in [0.2, 0.25) is 0 Å². The molecule has 0 aliphatic carbocycles. The Balaban J connectivity index is 3.36. The van der Waals surface area contributed by atoms with Gasteiger partial charge in [0.25, 0.3) is 0 Å². The number of hydrogen-bond donors (Lipinski definition) is 0. The summed E-state index contributed by atoms with van der Waals surface area (Å²) in [6.45, 7) is 10.5. The molecule has 0 aromatic heterocycles. The minimum atomic E-state index is -1.12. The van der Waals surface area contributed by atoms with Crippen molar-refractivity contribution < 1.29 is 19.1 Å². The summed E-state index contributed by atoms with van der Waals surface area (Å²) in [6, 6.07) is 7.31. The SMILES string of the molecule is CCOC(=O)N(CCC(C)C)C(CC)(Cc1ccc(Cl)cc1)C(=O)OCC. The van der Waals surface area contributed by atoms with E-state index in [0.717, 1.165) is 12.0 Å².